The number of ether oxygens (including phenoxy) is 2. The molecule has 2 rings (SSSR count). The fourth-order valence-corrected chi connectivity index (χ4v) is 2.21. The molecule has 0 radical (unpaired) electrons. The maximum atomic E-state index is 6.10. The van der Waals surface area contributed by atoms with Crippen LogP contribution in [0.1, 0.15) is 5.76 Å². The molecule has 0 bridgehead atoms. The minimum Gasteiger partial charge on any atom is -0.495 e. The summed E-state index contributed by atoms with van der Waals surface area (Å²) in [5, 5.41) is 3.73. The zero-order valence-electron chi connectivity index (χ0n) is 10.5. The average Bonchev–Trinajstić information content (AvgIpc) is 2.82. The van der Waals surface area contributed by atoms with E-state index < -0.39 is 0 Å². The van der Waals surface area contributed by atoms with Gasteiger partial charge in [0.05, 0.1) is 42.2 Å². The standard InChI is InChI=1S/C13H13BrClNO3/c1-17-11-6-12(18-2)10(5-9(11)15)16-7-13-8(14)3-4-19-13/h3-6,16H,7H2,1-2H3. The van der Waals surface area contributed by atoms with Crippen molar-refractivity contribution in [2.45, 2.75) is 6.54 Å². The Kier molecular flexibility index (Phi) is 4.61. The van der Waals surface area contributed by atoms with E-state index in [0.717, 1.165) is 15.9 Å². The average molecular weight is 347 g/mol. The van der Waals surface area contributed by atoms with Crippen LogP contribution in [-0.2, 0) is 6.54 Å². The van der Waals surface area contributed by atoms with Gasteiger partial charge >= 0.3 is 0 Å². The zero-order valence-corrected chi connectivity index (χ0v) is 12.8. The van der Waals surface area contributed by atoms with E-state index in [0.29, 0.717) is 23.1 Å². The van der Waals surface area contributed by atoms with E-state index in [-0.39, 0.29) is 0 Å². The number of rotatable bonds is 5. The van der Waals surface area contributed by atoms with Crippen molar-refractivity contribution >= 4 is 33.2 Å². The van der Waals surface area contributed by atoms with Crippen LogP contribution in [0.4, 0.5) is 5.69 Å². The number of hydrogen-bond donors (Lipinski definition) is 1. The molecule has 1 aromatic carbocycles. The second kappa shape index (κ2) is 6.21. The molecule has 19 heavy (non-hydrogen) atoms. The molecular formula is C13H13BrClNO3. The monoisotopic (exact) mass is 345 g/mol. The lowest BCUT2D eigenvalue weighted by molar-refractivity contribution is 0.395. The molecule has 102 valence electrons. The molecule has 1 N–H and O–H groups in total. The van der Waals surface area contributed by atoms with Gasteiger partial charge in [0.15, 0.2) is 0 Å². The molecule has 0 aliphatic carbocycles. The maximum Gasteiger partial charge on any atom is 0.145 e. The second-order valence-corrected chi connectivity index (χ2v) is 4.99. The predicted molar refractivity (Wildman–Crippen MR) is 78.3 cm³/mol. The lowest BCUT2D eigenvalue weighted by Gasteiger charge is -2.13. The van der Waals surface area contributed by atoms with E-state index >= 15 is 0 Å². The molecule has 2 aromatic rings. The summed E-state index contributed by atoms with van der Waals surface area (Å²) < 4.78 is 16.7. The van der Waals surface area contributed by atoms with Crippen LogP contribution in [0.25, 0.3) is 0 Å². The Morgan fingerprint density at radius 1 is 1.26 bits per heavy atom. The van der Waals surface area contributed by atoms with Gasteiger partial charge in [-0.2, -0.15) is 0 Å². The summed E-state index contributed by atoms with van der Waals surface area (Å²) in [5.41, 5.74) is 0.775. The van der Waals surface area contributed by atoms with E-state index in [9.17, 15) is 0 Å². The van der Waals surface area contributed by atoms with Crippen LogP contribution in [0.3, 0.4) is 0 Å². The van der Waals surface area contributed by atoms with Crippen LogP contribution in [0, 0.1) is 0 Å². The predicted octanol–water partition coefficient (Wildman–Crippen LogP) is 4.32. The molecule has 0 aliphatic rings. The Morgan fingerprint density at radius 3 is 2.58 bits per heavy atom. The van der Waals surface area contributed by atoms with E-state index in [2.05, 4.69) is 21.2 Å². The zero-order chi connectivity index (χ0) is 13.8. The van der Waals surface area contributed by atoms with E-state index in [1.807, 2.05) is 6.07 Å². The van der Waals surface area contributed by atoms with Gasteiger partial charge in [0.25, 0.3) is 0 Å². The quantitative estimate of drug-likeness (QED) is 0.875. The van der Waals surface area contributed by atoms with Crippen molar-refractivity contribution in [3.8, 4) is 11.5 Å². The third-order valence-corrected chi connectivity index (χ3v) is 3.61. The molecule has 1 aromatic heterocycles. The van der Waals surface area contributed by atoms with Crippen LogP contribution in [0.15, 0.2) is 33.4 Å². The van der Waals surface area contributed by atoms with Gasteiger partial charge in [-0.1, -0.05) is 11.6 Å². The Hall–Kier alpha value is -1.33. The minimum absolute atomic E-state index is 0.518. The molecule has 0 saturated heterocycles. The molecule has 6 heteroatoms. The lowest BCUT2D eigenvalue weighted by Crippen LogP contribution is -2.01. The number of benzene rings is 1. The first-order valence-electron chi connectivity index (χ1n) is 5.53. The van der Waals surface area contributed by atoms with Crippen molar-refractivity contribution in [1.29, 1.82) is 0 Å². The largest absolute Gasteiger partial charge is 0.495 e. The molecule has 0 spiro atoms. The van der Waals surface area contributed by atoms with Crippen LogP contribution in [0.5, 0.6) is 11.5 Å². The molecule has 0 fully saturated rings. The fourth-order valence-electron chi connectivity index (χ4n) is 1.62. The summed E-state index contributed by atoms with van der Waals surface area (Å²) in [5.74, 6) is 2.03. The number of anilines is 1. The van der Waals surface area contributed by atoms with Gasteiger partial charge < -0.3 is 19.2 Å². The van der Waals surface area contributed by atoms with Gasteiger partial charge in [-0.05, 0) is 28.1 Å². The maximum absolute atomic E-state index is 6.10. The van der Waals surface area contributed by atoms with Gasteiger partial charge in [-0.3, -0.25) is 0 Å². The highest BCUT2D eigenvalue weighted by Crippen LogP contribution is 2.36. The second-order valence-electron chi connectivity index (χ2n) is 3.73. The third kappa shape index (κ3) is 3.16. The third-order valence-electron chi connectivity index (χ3n) is 2.60. The number of hydrogen-bond acceptors (Lipinski definition) is 4. The van der Waals surface area contributed by atoms with Crippen molar-refractivity contribution in [2.24, 2.45) is 0 Å². The molecule has 4 nitrogen and oxygen atoms in total. The highest BCUT2D eigenvalue weighted by molar-refractivity contribution is 9.10. The molecule has 0 amide bonds. The first kappa shape index (κ1) is 14.1. The molecule has 0 saturated carbocycles. The van der Waals surface area contributed by atoms with Crippen molar-refractivity contribution in [2.75, 3.05) is 19.5 Å². The summed E-state index contributed by atoms with van der Waals surface area (Å²) >= 11 is 9.50. The van der Waals surface area contributed by atoms with Crippen molar-refractivity contribution in [3.05, 3.63) is 39.7 Å². The summed E-state index contributed by atoms with van der Waals surface area (Å²) in [4.78, 5) is 0. The number of methoxy groups -OCH3 is 2. The Balaban J connectivity index is 2.20. The van der Waals surface area contributed by atoms with Crippen molar-refractivity contribution in [1.82, 2.24) is 0 Å². The van der Waals surface area contributed by atoms with Gasteiger partial charge in [-0.25, -0.2) is 0 Å². The van der Waals surface area contributed by atoms with Gasteiger partial charge in [-0.15, -0.1) is 0 Å². The topological polar surface area (TPSA) is 43.6 Å². The summed E-state index contributed by atoms with van der Waals surface area (Å²) in [6.45, 7) is 0.520. The molecular weight excluding hydrogens is 334 g/mol. The van der Waals surface area contributed by atoms with Gasteiger partial charge in [0, 0.05) is 6.07 Å². The number of halogens is 2. The van der Waals surface area contributed by atoms with Crippen LogP contribution < -0.4 is 14.8 Å². The van der Waals surface area contributed by atoms with Crippen molar-refractivity contribution in [3.63, 3.8) is 0 Å². The van der Waals surface area contributed by atoms with E-state index in [4.69, 9.17) is 25.5 Å². The summed E-state index contributed by atoms with van der Waals surface area (Å²) in [6.07, 6.45) is 1.62. The van der Waals surface area contributed by atoms with Crippen LogP contribution in [-0.4, -0.2) is 14.2 Å². The van der Waals surface area contributed by atoms with Crippen LogP contribution in [0.2, 0.25) is 5.02 Å². The number of nitrogens with one attached hydrogen (secondary N) is 1. The number of furan rings is 1. The van der Waals surface area contributed by atoms with Crippen molar-refractivity contribution < 1.29 is 13.9 Å². The van der Waals surface area contributed by atoms with Gasteiger partial charge in [0.2, 0.25) is 0 Å². The molecule has 0 atom stereocenters. The Bertz CT molecular complexity index is 571. The molecule has 0 aliphatic heterocycles. The molecule has 0 unspecified atom stereocenters. The fraction of sp³-hybridized carbons (Fsp3) is 0.231. The Labute approximate surface area is 124 Å². The SMILES string of the molecule is COc1cc(OC)c(NCc2occc2Br)cc1Cl. The van der Waals surface area contributed by atoms with Gasteiger partial charge in [0.1, 0.15) is 17.3 Å². The molecule has 1 heterocycles. The lowest BCUT2D eigenvalue weighted by atomic mass is 10.2. The summed E-state index contributed by atoms with van der Waals surface area (Å²) in [6, 6.07) is 5.34. The highest BCUT2D eigenvalue weighted by Gasteiger charge is 2.11. The first-order chi connectivity index (χ1) is 9.15. The van der Waals surface area contributed by atoms with E-state index in [1.165, 1.54) is 0 Å². The summed E-state index contributed by atoms with van der Waals surface area (Å²) in [7, 11) is 3.16. The normalized spacial score (nSPS) is 10.3. The van der Waals surface area contributed by atoms with Crippen LogP contribution >= 0.6 is 27.5 Å². The highest BCUT2D eigenvalue weighted by atomic mass is 79.9. The first-order valence-corrected chi connectivity index (χ1v) is 6.70. The minimum atomic E-state index is 0.518. The van der Waals surface area contributed by atoms with E-state index in [1.54, 1.807) is 32.6 Å². The Morgan fingerprint density at radius 2 is 2.00 bits per heavy atom. The smallest absolute Gasteiger partial charge is 0.145 e.